The first-order chi connectivity index (χ1) is 6.84. The van der Waals surface area contributed by atoms with E-state index in [9.17, 15) is 0 Å². The molecule has 0 saturated heterocycles. The summed E-state index contributed by atoms with van der Waals surface area (Å²) >= 11 is 0. The van der Waals surface area contributed by atoms with Crippen molar-refractivity contribution in [1.29, 1.82) is 0 Å². The molecule has 1 aromatic heterocycles. The number of rotatable bonds is 2. The van der Waals surface area contributed by atoms with Crippen molar-refractivity contribution in [3.05, 3.63) is 48.0 Å². The molecule has 0 spiro atoms. The van der Waals surface area contributed by atoms with Gasteiger partial charge in [-0.2, -0.15) is 5.10 Å². The molecule has 4 heteroatoms. The summed E-state index contributed by atoms with van der Waals surface area (Å²) in [5.41, 5.74) is 2.29. The normalized spacial score (nSPS) is 10.9. The lowest BCUT2D eigenvalue weighted by molar-refractivity contribution is 0.878. The molecule has 0 saturated carbocycles. The highest BCUT2D eigenvalue weighted by Gasteiger charge is 1.88. The van der Waals surface area contributed by atoms with Gasteiger partial charge in [-0.15, -0.1) is 10.2 Å². The van der Waals surface area contributed by atoms with Crippen LogP contribution in [-0.2, 0) is 0 Å². The molecule has 4 nitrogen and oxygen atoms in total. The van der Waals surface area contributed by atoms with Crippen molar-refractivity contribution in [3.8, 4) is 0 Å². The minimum atomic E-state index is 1.07. The predicted octanol–water partition coefficient (Wildman–Crippen LogP) is 1.47. The number of aryl methyl sites for hydroxylation is 1. The Hall–Kier alpha value is -1.97. The zero-order valence-corrected chi connectivity index (χ0v) is 7.83. The van der Waals surface area contributed by atoms with Crippen molar-refractivity contribution in [1.82, 2.24) is 14.9 Å². The van der Waals surface area contributed by atoms with Crippen molar-refractivity contribution in [2.75, 3.05) is 0 Å². The smallest absolute Gasteiger partial charge is 0.141 e. The molecule has 2 rings (SSSR count). The first-order valence-corrected chi connectivity index (χ1v) is 4.30. The molecule has 0 fully saturated rings. The molecule has 0 aliphatic rings. The quantitative estimate of drug-likeness (QED) is 0.666. The molecule has 1 aromatic carbocycles. The number of nitrogens with zero attached hydrogens (tertiary/aromatic N) is 4. The van der Waals surface area contributed by atoms with E-state index >= 15 is 0 Å². The Morgan fingerprint density at radius 1 is 1.29 bits per heavy atom. The van der Waals surface area contributed by atoms with E-state index in [-0.39, 0.29) is 0 Å². The number of benzene rings is 1. The van der Waals surface area contributed by atoms with Gasteiger partial charge in [-0.25, -0.2) is 4.68 Å². The van der Waals surface area contributed by atoms with Gasteiger partial charge in [-0.3, -0.25) is 0 Å². The maximum Gasteiger partial charge on any atom is 0.141 e. The van der Waals surface area contributed by atoms with Gasteiger partial charge in [0.2, 0.25) is 0 Å². The van der Waals surface area contributed by atoms with Crippen LogP contribution in [0.3, 0.4) is 0 Å². The molecule has 1 heterocycles. The van der Waals surface area contributed by atoms with Gasteiger partial charge in [0, 0.05) is 0 Å². The molecule has 0 radical (unpaired) electrons. The summed E-state index contributed by atoms with van der Waals surface area (Å²) in [5.74, 6) is 0. The number of aromatic nitrogens is 3. The van der Waals surface area contributed by atoms with Gasteiger partial charge in [0.25, 0.3) is 0 Å². The second kappa shape index (κ2) is 3.83. The molecule has 0 aliphatic heterocycles. The lowest BCUT2D eigenvalue weighted by Gasteiger charge is -1.94. The molecular weight excluding hydrogens is 176 g/mol. The summed E-state index contributed by atoms with van der Waals surface area (Å²) in [6, 6.07) is 8.12. The summed E-state index contributed by atoms with van der Waals surface area (Å²) < 4.78 is 1.56. The summed E-state index contributed by atoms with van der Waals surface area (Å²) in [6.07, 6.45) is 4.87. The molecular formula is C10H10N4. The SMILES string of the molecule is Cc1cccc(/C=N\n2cnnc2)c1. The molecule has 14 heavy (non-hydrogen) atoms. The van der Waals surface area contributed by atoms with Crippen molar-refractivity contribution >= 4 is 6.21 Å². The van der Waals surface area contributed by atoms with Crippen LogP contribution in [0.25, 0.3) is 0 Å². The molecule has 0 aliphatic carbocycles. The maximum atomic E-state index is 4.14. The average molecular weight is 186 g/mol. The topological polar surface area (TPSA) is 43.1 Å². The largest absolute Gasteiger partial charge is 0.208 e. The summed E-state index contributed by atoms with van der Waals surface area (Å²) in [6.45, 7) is 2.05. The van der Waals surface area contributed by atoms with Crippen LogP contribution < -0.4 is 0 Å². The Bertz CT molecular complexity index is 431. The Morgan fingerprint density at radius 3 is 2.79 bits per heavy atom. The van der Waals surface area contributed by atoms with Crippen LogP contribution in [0.15, 0.2) is 42.0 Å². The van der Waals surface area contributed by atoms with Gasteiger partial charge < -0.3 is 0 Å². The fourth-order valence-electron chi connectivity index (χ4n) is 1.14. The average Bonchev–Trinajstić information content (AvgIpc) is 2.67. The maximum absolute atomic E-state index is 4.14. The summed E-state index contributed by atoms with van der Waals surface area (Å²) in [4.78, 5) is 0. The Morgan fingerprint density at radius 2 is 2.07 bits per heavy atom. The molecule has 70 valence electrons. The molecule has 0 bridgehead atoms. The van der Waals surface area contributed by atoms with Crippen molar-refractivity contribution in [2.24, 2.45) is 5.10 Å². The van der Waals surface area contributed by atoms with Gasteiger partial charge in [0.1, 0.15) is 12.7 Å². The Kier molecular flexibility index (Phi) is 2.36. The number of hydrogen-bond donors (Lipinski definition) is 0. The van der Waals surface area contributed by atoms with Gasteiger partial charge in [-0.1, -0.05) is 29.8 Å². The second-order valence-corrected chi connectivity index (χ2v) is 3.00. The van der Waals surface area contributed by atoms with E-state index in [2.05, 4.69) is 34.4 Å². The van der Waals surface area contributed by atoms with Gasteiger partial charge >= 0.3 is 0 Å². The van der Waals surface area contributed by atoms with Crippen LogP contribution in [0.4, 0.5) is 0 Å². The van der Waals surface area contributed by atoms with Crippen LogP contribution >= 0.6 is 0 Å². The fraction of sp³-hybridized carbons (Fsp3) is 0.100. The van der Waals surface area contributed by atoms with Crippen molar-refractivity contribution in [2.45, 2.75) is 6.92 Å². The monoisotopic (exact) mass is 186 g/mol. The lowest BCUT2D eigenvalue weighted by atomic mass is 10.2. The first-order valence-electron chi connectivity index (χ1n) is 4.30. The van der Waals surface area contributed by atoms with Crippen LogP contribution in [0, 0.1) is 6.92 Å². The minimum absolute atomic E-state index is 1.07. The fourth-order valence-corrected chi connectivity index (χ4v) is 1.14. The summed E-state index contributed by atoms with van der Waals surface area (Å²) in [5, 5.41) is 11.4. The standard InChI is InChI=1S/C10H10N4/c1-9-3-2-4-10(5-9)6-13-14-7-11-12-8-14/h2-8H,1H3/b13-6-. The molecule has 0 atom stereocenters. The van der Waals surface area contributed by atoms with E-state index in [1.54, 1.807) is 23.5 Å². The third kappa shape index (κ3) is 2.04. The third-order valence-corrected chi connectivity index (χ3v) is 1.79. The van der Waals surface area contributed by atoms with Crippen molar-refractivity contribution < 1.29 is 0 Å². The Balaban J connectivity index is 2.18. The van der Waals surface area contributed by atoms with Crippen LogP contribution in [-0.4, -0.2) is 21.1 Å². The molecule has 0 unspecified atom stereocenters. The first kappa shape index (κ1) is 8.62. The van der Waals surface area contributed by atoms with Gasteiger partial charge in [0.15, 0.2) is 0 Å². The van der Waals surface area contributed by atoms with Gasteiger partial charge in [0.05, 0.1) is 6.21 Å². The highest BCUT2D eigenvalue weighted by atomic mass is 15.4. The zero-order chi connectivity index (χ0) is 9.80. The molecule has 0 amide bonds. The molecule has 2 aromatic rings. The highest BCUT2D eigenvalue weighted by molar-refractivity contribution is 5.79. The van der Waals surface area contributed by atoms with E-state index in [4.69, 9.17) is 0 Å². The van der Waals surface area contributed by atoms with E-state index in [1.807, 2.05) is 12.1 Å². The lowest BCUT2D eigenvalue weighted by Crippen LogP contribution is -1.87. The molecule has 0 N–H and O–H groups in total. The highest BCUT2D eigenvalue weighted by Crippen LogP contribution is 2.00. The van der Waals surface area contributed by atoms with Crippen LogP contribution in [0.1, 0.15) is 11.1 Å². The second-order valence-electron chi connectivity index (χ2n) is 3.00. The van der Waals surface area contributed by atoms with Crippen LogP contribution in [0.2, 0.25) is 0 Å². The van der Waals surface area contributed by atoms with E-state index in [1.165, 1.54) is 5.56 Å². The zero-order valence-electron chi connectivity index (χ0n) is 7.83. The summed E-state index contributed by atoms with van der Waals surface area (Å²) in [7, 11) is 0. The van der Waals surface area contributed by atoms with E-state index in [0.29, 0.717) is 0 Å². The number of hydrogen-bond acceptors (Lipinski definition) is 3. The van der Waals surface area contributed by atoms with Gasteiger partial charge in [-0.05, 0) is 12.5 Å². The van der Waals surface area contributed by atoms with E-state index < -0.39 is 0 Å². The van der Waals surface area contributed by atoms with Crippen molar-refractivity contribution in [3.63, 3.8) is 0 Å². The third-order valence-electron chi connectivity index (χ3n) is 1.79. The minimum Gasteiger partial charge on any atom is -0.208 e. The van der Waals surface area contributed by atoms with E-state index in [0.717, 1.165) is 5.56 Å². The Labute approximate surface area is 81.9 Å². The predicted molar refractivity (Wildman–Crippen MR) is 54.2 cm³/mol. The van der Waals surface area contributed by atoms with Crippen LogP contribution in [0.5, 0.6) is 0 Å².